The van der Waals surface area contributed by atoms with Gasteiger partial charge < -0.3 is 15.0 Å². The number of nitrogens with zero attached hydrogens (tertiary/aromatic N) is 4. The molecule has 3 aromatic rings. The van der Waals surface area contributed by atoms with E-state index in [1.165, 1.54) is 17.8 Å². The number of carbonyl (C=O) groups is 1. The summed E-state index contributed by atoms with van der Waals surface area (Å²) < 4.78 is 33.8. The van der Waals surface area contributed by atoms with Gasteiger partial charge in [-0.1, -0.05) is 0 Å². The number of nitrogens with one attached hydrogen (secondary N) is 2. The fraction of sp³-hybridized carbons (Fsp3) is 0.417. The summed E-state index contributed by atoms with van der Waals surface area (Å²) in [6.45, 7) is 2.99. The molecule has 0 spiro atoms. The summed E-state index contributed by atoms with van der Waals surface area (Å²) in [4.78, 5) is 27.9. The smallest absolute Gasteiger partial charge is 0.258 e. The highest BCUT2D eigenvalue weighted by Gasteiger charge is 2.25. The number of thioether (sulfide) groups is 1. The lowest BCUT2D eigenvalue weighted by Gasteiger charge is -2.32. The number of likely N-dealkylation sites (tertiary alicyclic amines) is 1. The van der Waals surface area contributed by atoms with Gasteiger partial charge in [0.1, 0.15) is 5.82 Å². The molecule has 0 aliphatic carbocycles. The SMILES string of the molecule is COc1ccc2nccc(CCN3CCCC(CNS(=O)(=O)c4ccc5c(n4)NC(=O)CS5)C3)c2n1. The first-order valence-electron chi connectivity index (χ1n) is 11.9. The molecule has 0 bridgehead atoms. The molecule has 2 N–H and O–H groups in total. The first-order valence-corrected chi connectivity index (χ1v) is 14.3. The summed E-state index contributed by atoms with van der Waals surface area (Å²) in [7, 11) is -2.18. The molecule has 1 atom stereocenters. The van der Waals surface area contributed by atoms with Crippen molar-refractivity contribution in [1.29, 1.82) is 0 Å². The van der Waals surface area contributed by atoms with Crippen LogP contribution in [0.5, 0.6) is 5.88 Å². The number of hydrogen-bond acceptors (Lipinski definition) is 9. The third kappa shape index (κ3) is 5.61. The van der Waals surface area contributed by atoms with Gasteiger partial charge in [-0.25, -0.2) is 23.1 Å². The second kappa shape index (κ2) is 10.7. The molecule has 1 fully saturated rings. The zero-order chi connectivity index (χ0) is 25.1. The van der Waals surface area contributed by atoms with E-state index in [4.69, 9.17) is 4.74 Å². The van der Waals surface area contributed by atoms with Gasteiger partial charge in [0.2, 0.25) is 11.8 Å². The van der Waals surface area contributed by atoms with Crippen LogP contribution in [-0.4, -0.2) is 73.2 Å². The Hall–Kier alpha value is -2.80. The van der Waals surface area contributed by atoms with Crippen molar-refractivity contribution in [3.05, 3.63) is 42.1 Å². The number of piperidine rings is 1. The summed E-state index contributed by atoms with van der Waals surface area (Å²) in [5.74, 6) is 1.20. The topological polar surface area (TPSA) is 126 Å². The van der Waals surface area contributed by atoms with Crippen LogP contribution < -0.4 is 14.8 Å². The Labute approximate surface area is 214 Å². The van der Waals surface area contributed by atoms with Gasteiger partial charge in [-0.05, 0) is 61.6 Å². The first-order chi connectivity index (χ1) is 17.4. The molecule has 1 saturated heterocycles. The maximum absolute atomic E-state index is 12.9. The number of anilines is 1. The van der Waals surface area contributed by atoms with Gasteiger partial charge in [0.25, 0.3) is 10.0 Å². The number of sulfonamides is 1. The van der Waals surface area contributed by atoms with Gasteiger partial charge in [0.05, 0.1) is 28.8 Å². The number of rotatable bonds is 8. The lowest BCUT2D eigenvalue weighted by Crippen LogP contribution is -2.41. The minimum absolute atomic E-state index is 0.0794. The standard InChI is InChI=1S/C24H28N6O4S2/c1-34-21-6-4-18-23(28-21)17(8-10-25-18)9-12-30-11-2-3-16(14-30)13-26-36(32,33)22-7-5-19-24(29-22)27-20(31)15-35-19/h4-8,10,16,26H,2-3,9,11-15H2,1H3,(H,27,29,31). The highest BCUT2D eigenvalue weighted by Crippen LogP contribution is 2.30. The fourth-order valence-electron chi connectivity index (χ4n) is 4.57. The third-order valence-electron chi connectivity index (χ3n) is 6.44. The second-order valence-corrected chi connectivity index (χ2v) is 11.7. The average Bonchev–Trinajstić information content (AvgIpc) is 2.90. The van der Waals surface area contributed by atoms with E-state index < -0.39 is 10.0 Å². The summed E-state index contributed by atoms with van der Waals surface area (Å²) in [5.41, 5.74) is 2.81. The number of fused-ring (bicyclic) bond motifs is 2. The monoisotopic (exact) mass is 528 g/mol. The van der Waals surface area contributed by atoms with E-state index >= 15 is 0 Å². The van der Waals surface area contributed by atoms with Crippen LogP contribution in [0.4, 0.5) is 5.82 Å². The number of amides is 1. The Morgan fingerprint density at radius 3 is 2.97 bits per heavy atom. The largest absolute Gasteiger partial charge is 0.481 e. The molecule has 2 aliphatic heterocycles. The van der Waals surface area contributed by atoms with E-state index in [0.29, 0.717) is 24.0 Å². The Kier molecular flexibility index (Phi) is 7.37. The number of hydrogen-bond donors (Lipinski definition) is 2. The number of ether oxygens (including phenoxy) is 1. The Morgan fingerprint density at radius 2 is 2.11 bits per heavy atom. The lowest BCUT2D eigenvalue weighted by atomic mass is 9.98. The number of methoxy groups -OCH3 is 1. The average molecular weight is 529 g/mol. The summed E-state index contributed by atoms with van der Waals surface area (Å²) in [6, 6.07) is 8.90. The maximum Gasteiger partial charge on any atom is 0.258 e. The molecule has 1 unspecified atom stereocenters. The Bertz CT molecular complexity index is 1380. The van der Waals surface area contributed by atoms with Crippen molar-refractivity contribution in [3.63, 3.8) is 0 Å². The molecular formula is C24H28N6O4S2. The van der Waals surface area contributed by atoms with Crippen LogP contribution in [0.1, 0.15) is 18.4 Å². The van der Waals surface area contributed by atoms with Crippen LogP contribution in [0.3, 0.4) is 0 Å². The molecule has 36 heavy (non-hydrogen) atoms. The highest BCUT2D eigenvalue weighted by molar-refractivity contribution is 8.00. The van der Waals surface area contributed by atoms with Crippen molar-refractivity contribution in [1.82, 2.24) is 24.6 Å². The predicted molar refractivity (Wildman–Crippen MR) is 138 cm³/mol. The van der Waals surface area contributed by atoms with Gasteiger partial charge in [-0.15, -0.1) is 11.8 Å². The molecule has 190 valence electrons. The maximum atomic E-state index is 12.9. The number of aromatic nitrogens is 3. The van der Waals surface area contributed by atoms with Gasteiger partial charge in [-0.2, -0.15) is 0 Å². The lowest BCUT2D eigenvalue weighted by molar-refractivity contribution is -0.113. The van der Waals surface area contributed by atoms with Crippen molar-refractivity contribution in [2.45, 2.75) is 29.2 Å². The van der Waals surface area contributed by atoms with Crippen LogP contribution in [-0.2, 0) is 21.2 Å². The molecule has 0 radical (unpaired) electrons. The number of pyridine rings is 3. The molecule has 0 aromatic carbocycles. The van der Waals surface area contributed by atoms with Gasteiger partial charge in [-0.3, -0.25) is 9.78 Å². The molecule has 2 aliphatic rings. The minimum Gasteiger partial charge on any atom is -0.481 e. The molecule has 5 rings (SSSR count). The van der Waals surface area contributed by atoms with Crippen molar-refractivity contribution in [3.8, 4) is 5.88 Å². The van der Waals surface area contributed by atoms with Gasteiger partial charge >= 0.3 is 0 Å². The highest BCUT2D eigenvalue weighted by atomic mass is 32.2. The van der Waals surface area contributed by atoms with Crippen LogP contribution in [0.15, 0.2) is 46.5 Å². The zero-order valence-corrected chi connectivity index (χ0v) is 21.6. The molecule has 10 nitrogen and oxygen atoms in total. The third-order valence-corrected chi connectivity index (χ3v) is 8.81. The molecule has 12 heteroatoms. The molecule has 1 amide bonds. The van der Waals surface area contributed by atoms with E-state index in [0.717, 1.165) is 60.4 Å². The van der Waals surface area contributed by atoms with E-state index in [1.54, 1.807) is 19.4 Å². The predicted octanol–water partition coefficient (Wildman–Crippen LogP) is 2.31. The van der Waals surface area contributed by atoms with Crippen molar-refractivity contribution in [2.24, 2.45) is 5.92 Å². The van der Waals surface area contributed by atoms with Crippen LogP contribution >= 0.6 is 11.8 Å². The Balaban J connectivity index is 1.19. The van der Waals surface area contributed by atoms with Crippen LogP contribution in [0.25, 0.3) is 11.0 Å². The minimum atomic E-state index is -3.78. The first kappa shape index (κ1) is 24.9. The van der Waals surface area contributed by atoms with Crippen LogP contribution in [0, 0.1) is 5.92 Å². The van der Waals surface area contributed by atoms with Gasteiger partial charge in [0.15, 0.2) is 5.03 Å². The molecule has 5 heterocycles. The normalized spacial score (nSPS) is 18.6. The quantitative estimate of drug-likeness (QED) is 0.453. The van der Waals surface area contributed by atoms with E-state index in [9.17, 15) is 13.2 Å². The van der Waals surface area contributed by atoms with E-state index in [-0.39, 0.29) is 16.9 Å². The van der Waals surface area contributed by atoms with Crippen molar-refractivity contribution in [2.75, 3.05) is 44.4 Å². The molecular weight excluding hydrogens is 500 g/mol. The zero-order valence-electron chi connectivity index (χ0n) is 19.9. The Morgan fingerprint density at radius 1 is 1.22 bits per heavy atom. The second-order valence-electron chi connectivity index (χ2n) is 8.94. The van der Waals surface area contributed by atoms with Crippen LogP contribution in [0.2, 0.25) is 0 Å². The van der Waals surface area contributed by atoms with Crippen molar-refractivity contribution < 1.29 is 17.9 Å². The summed E-state index contributed by atoms with van der Waals surface area (Å²) >= 11 is 1.35. The summed E-state index contributed by atoms with van der Waals surface area (Å²) in [6.07, 6.45) is 4.59. The van der Waals surface area contributed by atoms with E-state index in [1.807, 2.05) is 18.2 Å². The van der Waals surface area contributed by atoms with E-state index in [2.05, 4.69) is 29.9 Å². The summed E-state index contributed by atoms with van der Waals surface area (Å²) in [5, 5.41) is 2.56. The van der Waals surface area contributed by atoms with Crippen molar-refractivity contribution >= 4 is 44.5 Å². The van der Waals surface area contributed by atoms with Gasteiger partial charge in [0, 0.05) is 31.9 Å². The number of carbonyl (C=O) groups excluding carboxylic acids is 1. The fourth-order valence-corrected chi connectivity index (χ4v) is 6.39. The molecule has 0 saturated carbocycles. The molecule has 3 aromatic heterocycles.